The number of rotatable bonds is 4. The van der Waals surface area contributed by atoms with Crippen molar-refractivity contribution in [3.05, 3.63) is 23.5 Å². The van der Waals surface area contributed by atoms with Gasteiger partial charge in [-0.3, -0.25) is 4.21 Å². The molecule has 0 aliphatic rings. The standard InChI is InChI=1S/C11H14F4N2OS/c1-11(2,3)19(18)5-4-16-8-6(12)9(14)17-10(15)7(8)13/h4-5H2,1-3H3,(H,16,17). The molecule has 1 aromatic heterocycles. The highest BCUT2D eigenvalue weighted by atomic mass is 32.2. The van der Waals surface area contributed by atoms with Gasteiger partial charge < -0.3 is 5.32 Å². The molecule has 1 atom stereocenters. The predicted molar refractivity (Wildman–Crippen MR) is 65.3 cm³/mol. The van der Waals surface area contributed by atoms with Crippen LogP contribution >= 0.6 is 0 Å². The molecule has 0 spiro atoms. The van der Waals surface area contributed by atoms with Gasteiger partial charge in [0.1, 0.15) is 5.69 Å². The number of anilines is 1. The molecule has 0 bridgehead atoms. The maximum absolute atomic E-state index is 13.2. The van der Waals surface area contributed by atoms with Crippen LogP contribution in [0.15, 0.2) is 0 Å². The quantitative estimate of drug-likeness (QED) is 0.686. The third kappa shape index (κ3) is 3.89. The Kier molecular flexibility index (Phi) is 4.89. The molecule has 108 valence electrons. The monoisotopic (exact) mass is 298 g/mol. The maximum Gasteiger partial charge on any atom is 0.253 e. The lowest BCUT2D eigenvalue weighted by molar-refractivity contribution is 0.411. The second kappa shape index (κ2) is 5.85. The summed E-state index contributed by atoms with van der Waals surface area (Å²) in [6, 6.07) is 0. The summed E-state index contributed by atoms with van der Waals surface area (Å²) in [7, 11) is -1.25. The molecular formula is C11H14F4N2OS. The molecule has 0 aliphatic heterocycles. The molecule has 0 saturated carbocycles. The summed E-state index contributed by atoms with van der Waals surface area (Å²) in [6.45, 7) is 5.16. The van der Waals surface area contributed by atoms with Crippen molar-refractivity contribution in [3.8, 4) is 0 Å². The molecule has 0 saturated heterocycles. The SMILES string of the molecule is CC(C)(C)S(=O)CCNc1c(F)c(F)nc(F)c1F. The van der Waals surface area contributed by atoms with Gasteiger partial charge in [-0.2, -0.15) is 22.5 Å². The molecule has 0 fully saturated rings. The Labute approximate surface area is 110 Å². The van der Waals surface area contributed by atoms with Crippen molar-refractivity contribution < 1.29 is 21.8 Å². The first-order valence-electron chi connectivity index (χ1n) is 5.47. The lowest BCUT2D eigenvalue weighted by atomic mass is 10.3. The zero-order chi connectivity index (χ0) is 14.8. The minimum Gasteiger partial charge on any atom is -0.379 e. The highest BCUT2D eigenvalue weighted by Crippen LogP contribution is 2.22. The predicted octanol–water partition coefficient (Wildman–Crippen LogP) is 2.60. The van der Waals surface area contributed by atoms with Crippen molar-refractivity contribution in [2.24, 2.45) is 0 Å². The third-order valence-corrected chi connectivity index (χ3v) is 4.21. The van der Waals surface area contributed by atoms with E-state index in [2.05, 4.69) is 10.3 Å². The van der Waals surface area contributed by atoms with Crippen LogP contribution in [0.2, 0.25) is 0 Å². The summed E-state index contributed by atoms with van der Waals surface area (Å²) in [6.07, 6.45) is 0. The Hall–Kier alpha value is -1.18. The Bertz CT molecular complexity index is 476. The van der Waals surface area contributed by atoms with E-state index in [0.717, 1.165) is 0 Å². The van der Waals surface area contributed by atoms with E-state index >= 15 is 0 Å². The van der Waals surface area contributed by atoms with Gasteiger partial charge in [-0.15, -0.1) is 0 Å². The van der Waals surface area contributed by atoms with E-state index in [1.54, 1.807) is 20.8 Å². The highest BCUT2D eigenvalue weighted by molar-refractivity contribution is 7.86. The minimum absolute atomic E-state index is 0.0827. The first-order valence-corrected chi connectivity index (χ1v) is 6.79. The van der Waals surface area contributed by atoms with E-state index < -0.39 is 44.8 Å². The van der Waals surface area contributed by atoms with E-state index in [1.165, 1.54) is 0 Å². The van der Waals surface area contributed by atoms with E-state index in [-0.39, 0.29) is 12.3 Å². The Morgan fingerprint density at radius 2 is 1.58 bits per heavy atom. The molecule has 1 aromatic rings. The largest absolute Gasteiger partial charge is 0.379 e. The van der Waals surface area contributed by atoms with Crippen molar-refractivity contribution in [3.63, 3.8) is 0 Å². The van der Waals surface area contributed by atoms with Crippen LogP contribution in [0.4, 0.5) is 23.2 Å². The molecule has 1 unspecified atom stereocenters. The summed E-state index contributed by atoms with van der Waals surface area (Å²) < 4.78 is 63.2. The number of hydrogen-bond donors (Lipinski definition) is 1. The minimum atomic E-state index is -1.72. The molecule has 1 heterocycles. The fourth-order valence-corrected chi connectivity index (χ4v) is 2.12. The smallest absolute Gasteiger partial charge is 0.253 e. The van der Waals surface area contributed by atoms with Crippen LogP contribution in [0, 0.1) is 23.5 Å². The van der Waals surface area contributed by atoms with Crippen LogP contribution in [-0.2, 0) is 10.8 Å². The van der Waals surface area contributed by atoms with Gasteiger partial charge >= 0.3 is 0 Å². The van der Waals surface area contributed by atoms with Gasteiger partial charge in [0.15, 0.2) is 0 Å². The van der Waals surface area contributed by atoms with Crippen LogP contribution < -0.4 is 5.32 Å². The molecule has 3 nitrogen and oxygen atoms in total. The van der Waals surface area contributed by atoms with E-state index in [4.69, 9.17) is 0 Å². The summed E-state index contributed by atoms with van der Waals surface area (Å²) in [5.41, 5.74) is -0.934. The summed E-state index contributed by atoms with van der Waals surface area (Å²) >= 11 is 0. The van der Waals surface area contributed by atoms with Crippen LogP contribution in [0.5, 0.6) is 0 Å². The molecule has 0 aromatic carbocycles. The van der Waals surface area contributed by atoms with Crippen molar-refractivity contribution in [1.29, 1.82) is 0 Å². The van der Waals surface area contributed by atoms with Crippen LogP contribution in [-0.4, -0.2) is 26.2 Å². The molecule has 1 rings (SSSR count). The number of nitrogens with zero attached hydrogens (tertiary/aromatic N) is 1. The fraction of sp³-hybridized carbons (Fsp3) is 0.545. The van der Waals surface area contributed by atoms with Gasteiger partial charge in [-0.1, -0.05) is 0 Å². The fourth-order valence-electron chi connectivity index (χ4n) is 1.22. The third-order valence-electron chi connectivity index (χ3n) is 2.27. The molecule has 1 N–H and O–H groups in total. The lowest BCUT2D eigenvalue weighted by Gasteiger charge is -2.18. The normalized spacial score (nSPS) is 13.4. The summed E-state index contributed by atoms with van der Waals surface area (Å²) in [5, 5.41) is 2.20. The number of pyridine rings is 1. The molecule has 8 heteroatoms. The zero-order valence-corrected chi connectivity index (χ0v) is 11.5. The average Bonchev–Trinajstić information content (AvgIpc) is 2.29. The van der Waals surface area contributed by atoms with Crippen molar-refractivity contribution in [2.75, 3.05) is 17.6 Å². The summed E-state index contributed by atoms with van der Waals surface area (Å²) in [4.78, 5) is 2.43. The Morgan fingerprint density at radius 3 is 2.00 bits per heavy atom. The first kappa shape index (κ1) is 15.9. The maximum atomic E-state index is 13.2. The zero-order valence-electron chi connectivity index (χ0n) is 10.7. The van der Waals surface area contributed by atoms with Crippen LogP contribution in [0.3, 0.4) is 0 Å². The van der Waals surface area contributed by atoms with Gasteiger partial charge in [0.25, 0.3) is 11.9 Å². The molecular weight excluding hydrogens is 284 g/mol. The summed E-state index contributed by atoms with van der Waals surface area (Å²) in [5.74, 6) is -6.55. The van der Waals surface area contributed by atoms with Gasteiger partial charge in [0.05, 0.1) is 0 Å². The van der Waals surface area contributed by atoms with Gasteiger partial charge in [-0.25, -0.2) is 0 Å². The van der Waals surface area contributed by atoms with Crippen molar-refractivity contribution in [2.45, 2.75) is 25.5 Å². The Morgan fingerprint density at radius 1 is 1.11 bits per heavy atom. The second-order valence-electron chi connectivity index (χ2n) is 4.79. The van der Waals surface area contributed by atoms with Gasteiger partial charge in [0.2, 0.25) is 11.6 Å². The van der Waals surface area contributed by atoms with Gasteiger partial charge in [-0.05, 0) is 20.8 Å². The molecule has 0 aliphatic carbocycles. The Balaban J connectivity index is 2.77. The number of nitrogens with one attached hydrogen (secondary N) is 1. The van der Waals surface area contributed by atoms with E-state index in [0.29, 0.717) is 0 Å². The van der Waals surface area contributed by atoms with Crippen molar-refractivity contribution >= 4 is 16.5 Å². The van der Waals surface area contributed by atoms with Crippen LogP contribution in [0.25, 0.3) is 0 Å². The first-order chi connectivity index (χ1) is 8.64. The molecule has 19 heavy (non-hydrogen) atoms. The molecule has 0 radical (unpaired) electrons. The van der Waals surface area contributed by atoms with Crippen LogP contribution in [0.1, 0.15) is 20.8 Å². The molecule has 0 amide bonds. The van der Waals surface area contributed by atoms with E-state index in [9.17, 15) is 21.8 Å². The number of hydrogen-bond acceptors (Lipinski definition) is 3. The van der Waals surface area contributed by atoms with Gasteiger partial charge in [0, 0.05) is 27.8 Å². The van der Waals surface area contributed by atoms with E-state index in [1.807, 2.05) is 0 Å². The second-order valence-corrected chi connectivity index (χ2v) is 7.11. The number of aromatic nitrogens is 1. The number of halogens is 4. The lowest BCUT2D eigenvalue weighted by Crippen LogP contribution is -2.27. The average molecular weight is 298 g/mol. The van der Waals surface area contributed by atoms with Crippen molar-refractivity contribution in [1.82, 2.24) is 4.98 Å². The highest BCUT2D eigenvalue weighted by Gasteiger charge is 2.22. The topological polar surface area (TPSA) is 42.0 Å².